The van der Waals surface area contributed by atoms with Crippen LogP contribution in [0.5, 0.6) is 0 Å². The van der Waals surface area contributed by atoms with Crippen molar-refractivity contribution in [1.82, 2.24) is 0 Å². The second-order valence-electron chi connectivity index (χ2n) is 7.19. The van der Waals surface area contributed by atoms with Gasteiger partial charge in [-0.2, -0.15) is 0 Å². The first-order valence-electron chi connectivity index (χ1n) is 8.77. The number of carbonyl (C=O) groups is 2. The Kier molecular flexibility index (Phi) is 6.67. The predicted molar refractivity (Wildman–Crippen MR) is 108 cm³/mol. The van der Waals surface area contributed by atoms with E-state index in [4.69, 9.17) is 5.11 Å². The molecule has 0 aliphatic carbocycles. The van der Waals surface area contributed by atoms with Crippen LogP contribution in [-0.2, 0) is 5.41 Å². The molecule has 0 aliphatic heterocycles. The molecule has 138 valence electrons. The van der Waals surface area contributed by atoms with Crippen LogP contribution in [0.3, 0.4) is 0 Å². The summed E-state index contributed by atoms with van der Waals surface area (Å²) < 4.78 is 0. The van der Waals surface area contributed by atoms with Crippen molar-refractivity contribution in [2.24, 2.45) is 0 Å². The SMILES string of the molecule is CC(C)(C)c1ccc(C(=O)O)cc1.O=C(c1ccccc1)c1ccccc1. The Morgan fingerprint density at radius 1 is 0.630 bits per heavy atom. The van der Waals surface area contributed by atoms with Crippen LogP contribution in [0, 0.1) is 0 Å². The van der Waals surface area contributed by atoms with E-state index in [1.807, 2.05) is 72.8 Å². The number of hydrogen-bond donors (Lipinski definition) is 1. The summed E-state index contributed by atoms with van der Waals surface area (Å²) >= 11 is 0. The largest absolute Gasteiger partial charge is 0.478 e. The van der Waals surface area contributed by atoms with E-state index in [1.54, 1.807) is 12.1 Å². The average Bonchev–Trinajstić information content (AvgIpc) is 2.68. The lowest BCUT2D eigenvalue weighted by atomic mass is 9.87. The summed E-state index contributed by atoms with van der Waals surface area (Å²) in [6, 6.07) is 25.6. The lowest BCUT2D eigenvalue weighted by Crippen LogP contribution is -2.11. The maximum atomic E-state index is 11.8. The van der Waals surface area contributed by atoms with Gasteiger partial charge in [0.25, 0.3) is 0 Å². The summed E-state index contributed by atoms with van der Waals surface area (Å²) in [6.45, 7) is 6.30. The van der Waals surface area contributed by atoms with Gasteiger partial charge in [0, 0.05) is 11.1 Å². The molecule has 27 heavy (non-hydrogen) atoms. The van der Waals surface area contributed by atoms with Gasteiger partial charge in [-0.3, -0.25) is 4.79 Å². The average molecular weight is 360 g/mol. The molecule has 0 atom stereocenters. The van der Waals surface area contributed by atoms with Crippen molar-refractivity contribution in [1.29, 1.82) is 0 Å². The molecule has 0 saturated carbocycles. The molecular weight excluding hydrogens is 336 g/mol. The molecule has 0 bridgehead atoms. The van der Waals surface area contributed by atoms with E-state index < -0.39 is 5.97 Å². The first kappa shape index (κ1) is 20.1. The van der Waals surface area contributed by atoms with Crippen molar-refractivity contribution >= 4 is 11.8 Å². The van der Waals surface area contributed by atoms with Gasteiger partial charge in [-0.05, 0) is 23.1 Å². The molecule has 3 aromatic rings. The number of carboxylic acid groups (broad SMARTS) is 1. The molecule has 0 fully saturated rings. The highest BCUT2D eigenvalue weighted by atomic mass is 16.4. The summed E-state index contributed by atoms with van der Waals surface area (Å²) in [6.07, 6.45) is 0. The first-order chi connectivity index (χ1) is 12.8. The van der Waals surface area contributed by atoms with Crippen LogP contribution in [0.4, 0.5) is 0 Å². The lowest BCUT2D eigenvalue weighted by molar-refractivity contribution is 0.0696. The predicted octanol–water partition coefficient (Wildman–Crippen LogP) is 5.60. The molecule has 0 radical (unpaired) electrons. The van der Waals surface area contributed by atoms with Crippen molar-refractivity contribution < 1.29 is 14.7 Å². The second kappa shape index (κ2) is 8.95. The fourth-order valence-corrected chi connectivity index (χ4v) is 2.46. The Morgan fingerprint density at radius 3 is 1.37 bits per heavy atom. The minimum atomic E-state index is -0.875. The van der Waals surface area contributed by atoms with E-state index in [1.165, 1.54) is 0 Å². The molecule has 1 N–H and O–H groups in total. The van der Waals surface area contributed by atoms with Gasteiger partial charge in [-0.1, -0.05) is 93.6 Å². The zero-order chi connectivity index (χ0) is 19.9. The second-order valence-corrected chi connectivity index (χ2v) is 7.19. The quantitative estimate of drug-likeness (QED) is 0.619. The molecular formula is C24H24O3. The zero-order valence-electron chi connectivity index (χ0n) is 15.8. The van der Waals surface area contributed by atoms with Gasteiger partial charge in [0.05, 0.1) is 5.56 Å². The number of carbonyl (C=O) groups excluding carboxylic acids is 1. The van der Waals surface area contributed by atoms with E-state index in [0.717, 1.165) is 16.7 Å². The van der Waals surface area contributed by atoms with E-state index in [-0.39, 0.29) is 11.2 Å². The molecule has 0 saturated heterocycles. The highest BCUT2D eigenvalue weighted by molar-refractivity contribution is 6.08. The van der Waals surface area contributed by atoms with Crippen LogP contribution in [0.1, 0.15) is 52.6 Å². The number of carboxylic acids is 1. The molecule has 3 rings (SSSR count). The van der Waals surface area contributed by atoms with E-state index in [0.29, 0.717) is 5.56 Å². The molecule has 0 unspecified atom stereocenters. The number of benzene rings is 3. The highest BCUT2D eigenvalue weighted by Gasteiger charge is 2.13. The smallest absolute Gasteiger partial charge is 0.335 e. The van der Waals surface area contributed by atoms with Crippen LogP contribution in [-0.4, -0.2) is 16.9 Å². The van der Waals surface area contributed by atoms with Gasteiger partial charge in [-0.15, -0.1) is 0 Å². The van der Waals surface area contributed by atoms with Crippen molar-refractivity contribution in [3.63, 3.8) is 0 Å². The Hall–Kier alpha value is -3.20. The normalized spacial score (nSPS) is 10.5. The third kappa shape index (κ3) is 5.93. The standard InChI is InChI=1S/C13H10O.C11H14O2/c14-13(11-7-3-1-4-8-11)12-9-5-2-6-10-12;1-11(2,3)9-6-4-8(5-7-9)10(12)13/h1-10H;4-7H,1-3H3,(H,12,13). The fourth-order valence-electron chi connectivity index (χ4n) is 2.46. The number of ketones is 1. The Labute approximate surface area is 160 Å². The maximum absolute atomic E-state index is 11.8. The monoisotopic (exact) mass is 360 g/mol. The van der Waals surface area contributed by atoms with Gasteiger partial charge in [0.15, 0.2) is 5.78 Å². The zero-order valence-corrected chi connectivity index (χ0v) is 15.8. The minimum absolute atomic E-state index is 0.0752. The van der Waals surface area contributed by atoms with E-state index in [2.05, 4.69) is 20.8 Å². The molecule has 3 nitrogen and oxygen atoms in total. The van der Waals surface area contributed by atoms with Crippen LogP contribution in [0.15, 0.2) is 84.9 Å². The summed E-state index contributed by atoms with van der Waals surface area (Å²) in [5.74, 6) is -0.799. The highest BCUT2D eigenvalue weighted by Crippen LogP contribution is 2.22. The Morgan fingerprint density at radius 2 is 1.04 bits per heavy atom. The molecule has 3 heteroatoms. The number of aromatic carboxylic acids is 1. The molecule has 0 spiro atoms. The fraction of sp³-hybridized carbons (Fsp3) is 0.167. The molecule has 0 heterocycles. The third-order valence-corrected chi connectivity index (χ3v) is 4.07. The van der Waals surface area contributed by atoms with Crippen LogP contribution >= 0.6 is 0 Å². The Balaban J connectivity index is 0.000000194. The van der Waals surface area contributed by atoms with E-state index >= 15 is 0 Å². The topological polar surface area (TPSA) is 54.4 Å². The van der Waals surface area contributed by atoms with Gasteiger partial charge in [-0.25, -0.2) is 4.79 Å². The molecule has 0 amide bonds. The summed E-state index contributed by atoms with van der Waals surface area (Å²) in [7, 11) is 0. The minimum Gasteiger partial charge on any atom is -0.478 e. The van der Waals surface area contributed by atoms with Crippen molar-refractivity contribution in [2.45, 2.75) is 26.2 Å². The summed E-state index contributed by atoms with van der Waals surface area (Å²) in [4.78, 5) is 22.4. The van der Waals surface area contributed by atoms with Gasteiger partial charge < -0.3 is 5.11 Å². The summed E-state index contributed by atoms with van der Waals surface area (Å²) in [5, 5.41) is 8.68. The van der Waals surface area contributed by atoms with Crippen LogP contribution in [0.25, 0.3) is 0 Å². The van der Waals surface area contributed by atoms with Crippen LogP contribution < -0.4 is 0 Å². The molecule has 0 aromatic heterocycles. The maximum Gasteiger partial charge on any atom is 0.335 e. The number of hydrogen-bond acceptors (Lipinski definition) is 2. The lowest BCUT2D eigenvalue weighted by Gasteiger charge is -2.18. The van der Waals surface area contributed by atoms with Gasteiger partial charge >= 0.3 is 5.97 Å². The third-order valence-electron chi connectivity index (χ3n) is 4.07. The van der Waals surface area contributed by atoms with Gasteiger partial charge in [0.2, 0.25) is 0 Å². The van der Waals surface area contributed by atoms with Crippen molar-refractivity contribution in [2.75, 3.05) is 0 Å². The molecule has 3 aromatic carbocycles. The Bertz CT molecular complexity index is 833. The summed E-state index contributed by atoms with van der Waals surface area (Å²) in [5.41, 5.74) is 3.04. The van der Waals surface area contributed by atoms with Crippen LogP contribution in [0.2, 0.25) is 0 Å². The van der Waals surface area contributed by atoms with Gasteiger partial charge in [0.1, 0.15) is 0 Å². The van der Waals surface area contributed by atoms with E-state index in [9.17, 15) is 9.59 Å². The first-order valence-corrected chi connectivity index (χ1v) is 8.77. The molecule has 0 aliphatic rings. The number of rotatable bonds is 3. The van der Waals surface area contributed by atoms with Crippen molar-refractivity contribution in [3.8, 4) is 0 Å². The van der Waals surface area contributed by atoms with Crippen molar-refractivity contribution in [3.05, 3.63) is 107 Å².